The first kappa shape index (κ1) is 31.1. The predicted molar refractivity (Wildman–Crippen MR) is 136 cm³/mol. The molecule has 0 heterocycles. The lowest BCUT2D eigenvalue weighted by Gasteiger charge is -2.05. The highest BCUT2D eigenvalue weighted by Crippen LogP contribution is 2.19. The SMILES string of the molecule is C.CC(=O)Cl.CCc1ccc(O)cc1.CCc1ccc(OC(=O)Oc2ccc([N+](=O)[O-])cc2)cc1. The number of phenols is 1. The van der Waals surface area contributed by atoms with E-state index in [4.69, 9.17) is 14.6 Å². The Labute approximate surface area is 210 Å². The number of nitro groups is 1. The van der Waals surface area contributed by atoms with Gasteiger partial charge in [0.05, 0.1) is 4.92 Å². The molecule has 35 heavy (non-hydrogen) atoms. The lowest BCUT2D eigenvalue weighted by molar-refractivity contribution is -0.384. The van der Waals surface area contributed by atoms with Gasteiger partial charge >= 0.3 is 6.16 Å². The van der Waals surface area contributed by atoms with Crippen LogP contribution in [-0.2, 0) is 17.6 Å². The molecular weight excluding hydrogens is 474 g/mol. The Morgan fingerprint density at radius 2 is 1.17 bits per heavy atom. The summed E-state index contributed by atoms with van der Waals surface area (Å²) < 4.78 is 9.93. The molecule has 0 atom stereocenters. The van der Waals surface area contributed by atoms with E-state index in [9.17, 15) is 19.7 Å². The molecule has 0 spiro atoms. The van der Waals surface area contributed by atoms with Gasteiger partial charge in [-0.3, -0.25) is 14.9 Å². The van der Waals surface area contributed by atoms with Gasteiger partial charge in [0, 0.05) is 19.1 Å². The fraction of sp³-hybridized carbons (Fsp3) is 0.231. The summed E-state index contributed by atoms with van der Waals surface area (Å²) in [5.74, 6) is 0.891. The zero-order valence-corrected chi connectivity index (χ0v) is 19.8. The third kappa shape index (κ3) is 13.4. The van der Waals surface area contributed by atoms with Crippen LogP contribution in [0.2, 0.25) is 0 Å². The molecule has 0 radical (unpaired) electrons. The standard InChI is InChI=1S/C15H13NO5.C8H10O.C2H3ClO.CH4/c1-2-11-3-7-13(8-4-11)20-15(17)21-14-9-5-12(6-10-14)16(18)19;1-2-7-3-5-8(9)6-4-7;1-2(3)4;/h3-10H,2H2,1H3;3-6,9H,2H2,1H3;1H3;1H4. The number of ether oxygens (including phenoxy) is 2. The zero-order chi connectivity index (χ0) is 25.5. The van der Waals surface area contributed by atoms with Crippen LogP contribution < -0.4 is 9.47 Å². The number of rotatable bonds is 5. The molecule has 1 N–H and O–H groups in total. The molecule has 0 amide bonds. The number of carbonyl (C=O) groups is 2. The van der Waals surface area contributed by atoms with Crippen LogP contribution >= 0.6 is 11.6 Å². The van der Waals surface area contributed by atoms with Gasteiger partial charge in [-0.15, -0.1) is 0 Å². The smallest absolute Gasteiger partial charge is 0.508 e. The van der Waals surface area contributed by atoms with Crippen molar-refractivity contribution in [3.63, 3.8) is 0 Å². The lowest BCUT2D eigenvalue weighted by atomic mass is 10.2. The van der Waals surface area contributed by atoms with Crippen LogP contribution in [0.3, 0.4) is 0 Å². The Bertz CT molecular complexity index is 1050. The summed E-state index contributed by atoms with van der Waals surface area (Å²) in [6.45, 7) is 5.41. The van der Waals surface area contributed by atoms with Crippen molar-refractivity contribution in [2.24, 2.45) is 0 Å². The average Bonchev–Trinajstić information content (AvgIpc) is 2.80. The van der Waals surface area contributed by atoms with E-state index in [1.165, 1.54) is 36.8 Å². The third-order valence-corrected chi connectivity index (χ3v) is 4.13. The van der Waals surface area contributed by atoms with Crippen molar-refractivity contribution in [2.45, 2.75) is 41.0 Å². The van der Waals surface area contributed by atoms with Gasteiger partial charge in [-0.2, -0.15) is 0 Å². The molecule has 3 aromatic rings. The fourth-order valence-corrected chi connectivity index (χ4v) is 2.37. The van der Waals surface area contributed by atoms with E-state index in [0.29, 0.717) is 11.5 Å². The van der Waals surface area contributed by atoms with Crippen molar-refractivity contribution < 1.29 is 29.1 Å². The molecule has 0 fully saturated rings. The van der Waals surface area contributed by atoms with Gasteiger partial charge in [0.2, 0.25) is 5.24 Å². The highest BCUT2D eigenvalue weighted by atomic mass is 35.5. The number of nitro benzene ring substituents is 1. The minimum absolute atomic E-state index is 0. The van der Waals surface area contributed by atoms with Crippen LogP contribution in [0.25, 0.3) is 0 Å². The molecule has 8 nitrogen and oxygen atoms in total. The number of benzene rings is 3. The Morgan fingerprint density at radius 3 is 1.51 bits per heavy atom. The normalized spacial score (nSPS) is 9.14. The van der Waals surface area contributed by atoms with Crippen molar-refractivity contribution >= 4 is 28.7 Å². The molecule has 0 aliphatic carbocycles. The molecule has 0 aliphatic heterocycles. The molecule has 188 valence electrons. The molecule has 0 aromatic heterocycles. The van der Waals surface area contributed by atoms with Crippen LogP contribution in [0.1, 0.15) is 39.3 Å². The van der Waals surface area contributed by atoms with Gasteiger partial charge in [-0.05, 0) is 72.0 Å². The fourth-order valence-electron chi connectivity index (χ4n) is 2.37. The Kier molecular flexibility index (Phi) is 14.8. The highest BCUT2D eigenvalue weighted by molar-refractivity contribution is 6.62. The Balaban J connectivity index is 0.000000685. The van der Waals surface area contributed by atoms with E-state index in [0.717, 1.165) is 18.4 Å². The van der Waals surface area contributed by atoms with Crippen LogP contribution in [0.5, 0.6) is 17.2 Å². The first-order chi connectivity index (χ1) is 16.1. The van der Waals surface area contributed by atoms with Gasteiger partial charge in [-0.25, -0.2) is 4.79 Å². The number of phenolic OH excluding ortho intramolecular Hbond substituents is 1. The van der Waals surface area contributed by atoms with E-state index >= 15 is 0 Å². The zero-order valence-electron chi connectivity index (χ0n) is 19.1. The first-order valence-electron chi connectivity index (χ1n) is 10.3. The van der Waals surface area contributed by atoms with Crippen LogP contribution in [0.4, 0.5) is 10.5 Å². The molecule has 0 saturated carbocycles. The van der Waals surface area contributed by atoms with Crippen LogP contribution in [0, 0.1) is 10.1 Å². The lowest BCUT2D eigenvalue weighted by Crippen LogP contribution is -2.13. The number of halogens is 1. The molecule has 3 aromatic carbocycles. The minimum atomic E-state index is -0.895. The van der Waals surface area contributed by atoms with Gasteiger partial charge in [0.1, 0.15) is 17.2 Å². The van der Waals surface area contributed by atoms with E-state index in [1.54, 1.807) is 24.3 Å². The van der Waals surface area contributed by atoms with Gasteiger partial charge in [0.15, 0.2) is 0 Å². The number of aromatic hydroxyl groups is 1. The van der Waals surface area contributed by atoms with Crippen LogP contribution in [-0.4, -0.2) is 21.4 Å². The number of non-ortho nitro benzene ring substituents is 1. The predicted octanol–water partition coefficient (Wildman–Crippen LogP) is 7.10. The number of nitrogens with zero attached hydrogens (tertiary/aromatic N) is 1. The number of hydrogen-bond donors (Lipinski definition) is 1. The second-order valence-corrected chi connectivity index (χ2v) is 7.23. The summed E-state index contributed by atoms with van der Waals surface area (Å²) in [6.07, 6.45) is 1.03. The monoisotopic (exact) mass is 503 g/mol. The van der Waals surface area contributed by atoms with E-state index in [-0.39, 0.29) is 24.1 Å². The number of aryl methyl sites for hydroxylation is 2. The van der Waals surface area contributed by atoms with Crippen molar-refractivity contribution in [3.8, 4) is 17.2 Å². The summed E-state index contributed by atoms with van der Waals surface area (Å²) >= 11 is 4.64. The maximum absolute atomic E-state index is 11.6. The summed E-state index contributed by atoms with van der Waals surface area (Å²) in [4.78, 5) is 30.8. The summed E-state index contributed by atoms with van der Waals surface area (Å²) in [5, 5.41) is 19.0. The molecule has 0 bridgehead atoms. The van der Waals surface area contributed by atoms with Crippen molar-refractivity contribution in [1.29, 1.82) is 0 Å². The van der Waals surface area contributed by atoms with E-state index < -0.39 is 11.1 Å². The van der Waals surface area contributed by atoms with Gasteiger partial charge in [-0.1, -0.05) is 45.5 Å². The molecule has 0 aliphatic rings. The summed E-state index contributed by atoms with van der Waals surface area (Å²) in [7, 11) is 0. The van der Waals surface area contributed by atoms with Crippen molar-refractivity contribution in [2.75, 3.05) is 0 Å². The number of hydrogen-bond acceptors (Lipinski definition) is 7. The third-order valence-electron chi connectivity index (χ3n) is 4.13. The minimum Gasteiger partial charge on any atom is -0.508 e. The molecule has 3 rings (SSSR count). The average molecular weight is 504 g/mol. The topological polar surface area (TPSA) is 116 Å². The summed E-state index contributed by atoms with van der Waals surface area (Å²) in [5.41, 5.74) is 2.31. The summed E-state index contributed by atoms with van der Waals surface area (Å²) in [6, 6.07) is 19.5. The van der Waals surface area contributed by atoms with Crippen molar-refractivity contribution in [1.82, 2.24) is 0 Å². The van der Waals surface area contributed by atoms with E-state index in [2.05, 4.69) is 18.5 Å². The number of carbonyl (C=O) groups excluding carboxylic acids is 2. The van der Waals surface area contributed by atoms with Gasteiger partial charge < -0.3 is 14.6 Å². The quantitative estimate of drug-likeness (QED) is 0.130. The second kappa shape index (κ2) is 16.7. The molecule has 9 heteroatoms. The maximum Gasteiger partial charge on any atom is 0.519 e. The highest BCUT2D eigenvalue weighted by Gasteiger charge is 2.10. The second-order valence-electron chi connectivity index (χ2n) is 6.69. The molecule has 0 unspecified atom stereocenters. The maximum atomic E-state index is 11.6. The molecule has 0 saturated heterocycles. The largest absolute Gasteiger partial charge is 0.519 e. The Hall–Kier alpha value is -3.91. The molecular formula is C26H30ClNO7. The van der Waals surface area contributed by atoms with Crippen LogP contribution in [0.15, 0.2) is 72.8 Å². The van der Waals surface area contributed by atoms with Gasteiger partial charge in [0.25, 0.3) is 5.69 Å². The van der Waals surface area contributed by atoms with Crippen molar-refractivity contribution in [3.05, 3.63) is 94.0 Å². The Morgan fingerprint density at radius 1 is 0.829 bits per heavy atom. The first-order valence-corrected chi connectivity index (χ1v) is 10.7. The van der Waals surface area contributed by atoms with E-state index in [1.807, 2.05) is 31.2 Å².